The molecule has 0 unspecified atom stereocenters. The molecule has 6 nitrogen and oxygen atoms in total. The lowest BCUT2D eigenvalue weighted by molar-refractivity contribution is -0.0204. The van der Waals surface area contributed by atoms with Gasteiger partial charge in [-0.05, 0) is 37.6 Å². The van der Waals surface area contributed by atoms with Crippen molar-refractivity contribution in [2.75, 3.05) is 48.0 Å². The maximum atomic E-state index is 10.4. The maximum Gasteiger partial charge on any atom is 0.203 e. The fourth-order valence-electron chi connectivity index (χ4n) is 3.12. The van der Waals surface area contributed by atoms with Crippen molar-refractivity contribution in [2.24, 2.45) is 0 Å². The minimum absolute atomic E-state index is 0.583. The van der Waals surface area contributed by atoms with E-state index in [9.17, 15) is 5.11 Å². The van der Waals surface area contributed by atoms with Crippen LogP contribution in [0.25, 0.3) is 0 Å². The maximum absolute atomic E-state index is 10.4. The molecule has 130 valence electrons. The molecule has 0 aliphatic carbocycles. The lowest BCUT2D eigenvalue weighted by Gasteiger charge is -2.38. The van der Waals surface area contributed by atoms with Gasteiger partial charge in [-0.15, -0.1) is 0 Å². The Labute approximate surface area is 138 Å². The van der Waals surface area contributed by atoms with Crippen molar-refractivity contribution < 1.29 is 19.3 Å². The van der Waals surface area contributed by atoms with Gasteiger partial charge in [-0.2, -0.15) is 0 Å². The normalized spacial score (nSPS) is 17.8. The molecule has 2 rings (SSSR count). The molecule has 0 aromatic heterocycles. The molecule has 0 radical (unpaired) electrons. The zero-order valence-electron chi connectivity index (χ0n) is 14.5. The third kappa shape index (κ3) is 4.28. The van der Waals surface area contributed by atoms with E-state index in [1.54, 1.807) is 21.3 Å². The van der Waals surface area contributed by atoms with Crippen molar-refractivity contribution in [3.8, 4) is 17.2 Å². The molecule has 0 amide bonds. The minimum atomic E-state index is -0.583. The summed E-state index contributed by atoms with van der Waals surface area (Å²) >= 11 is 0. The molecule has 23 heavy (non-hydrogen) atoms. The number of nitrogens with one attached hydrogen (secondary N) is 1. The molecule has 0 bridgehead atoms. The van der Waals surface area contributed by atoms with E-state index < -0.39 is 5.60 Å². The van der Waals surface area contributed by atoms with Gasteiger partial charge in [0.05, 0.1) is 26.9 Å². The van der Waals surface area contributed by atoms with Crippen LogP contribution in [-0.4, -0.2) is 63.6 Å². The zero-order valence-corrected chi connectivity index (χ0v) is 14.5. The largest absolute Gasteiger partial charge is 0.493 e. The number of likely N-dealkylation sites (tertiary alicyclic amines) is 1. The van der Waals surface area contributed by atoms with Crippen LogP contribution >= 0.6 is 0 Å². The minimum Gasteiger partial charge on any atom is -0.493 e. The highest BCUT2D eigenvalue weighted by Gasteiger charge is 2.31. The highest BCUT2D eigenvalue weighted by molar-refractivity contribution is 5.53. The van der Waals surface area contributed by atoms with Crippen LogP contribution in [0.4, 0.5) is 0 Å². The van der Waals surface area contributed by atoms with E-state index in [-0.39, 0.29) is 0 Å². The molecule has 0 saturated carbocycles. The fourth-order valence-corrected chi connectivity index (χ4v) is 3.12. The Bertz CT molecular complexity index is 488. The fraction of sp³-hybridized carbons (Fsp3) is 0.647. The van der Waals surface area contributed by atoms with Crippen molar-refractivity contribution in [2.45, 2.75) is 25.0 Å². The van der Waals surface area contributed by atoms with Gasteiger partial charge >= 0.3 is 0 Å². The molecule has 6 heteroatoms. The smallest absolute Gasteiger partial charge is 0.203 e. The van der Waals surface area contributed by atoms with Gasteiger partial charge in [0.25, 0.3) is 0 Å². The van der Waals surface area contributed by atoms with E-state index in [0.29, 0.717) is 23.8 Å². The summed E-state index contributed by atoms with van der Waals surface area (Å²) in [5, 5.41) is 13.5. The molecule has 1 aromatic rings. The van der Waals surface area contributed by atoms with Gasteiger partial charge in [-0.25, -0.2) is 0 Å². The molecular formula is C17H28N2O4. The van der Waals surface area contributed by atoms with Crippen LogP contribution in [0.5, 0.6) is 17.2 Å². The second-order valence-corrected chi connectivity index (χ2v) is 6.06. The molecule has 1 heterocycles. The quantitative estimate of drug-likeness (QED) is 0.787. The van der Waals surface area contributed by atoms with Crippen molar-refractivity contribution in [1.29, 1.82) is 0 Å². The standard InChI is InChI=1S/C17H28N2O4/c1-18-12-17(20)5-7-19(8-6-17)11-13-9-14(21-2)16(23-4)15(10-13)22-3/h9-10,18,20H,5-8,11-12H2,1-4H3. The van der Waals surface area contributed by atoms with Crippen LogP contribution in [0.1, 0.15) is 18.4 Å². The molecule has 1 aliphatic rings. The number of nitrogens with zero attached hydrogens (tertiary/aromatic N) is 1. The van der Waals surface area contributed by atoms with E-state index in [2.05, 4.69) is 10.2 Å². The Balaban J connectivity index is 2.06. The van der Waals surface area contributed by atoms with E-state index >= 15 is 0 Å². The van der Waals surface area contributed by atoms with Crippen LogP contribution in [0.15, 0.2) is 12.1 Å². The van der Waals surface area contributed by atoms with Gasteiger partial charge in [-0.3, -0.25) is 4.90 Å². The molecule has 0 atom stereocenters. The molecular weight excluding hydrogens is 296 g/mol. The van der Waals surface area contributed by atoms with Crippen LogP contribution in [0, 0.1) is 0 Å². The summed E-state index contributed by atoms with van der Waals surface area (Å²) in [6, 6.07) is 3.96. The first-order chi connectivity index (χ1) is 11.0. The van der Waals surface area contributed by atoms with Crippen LogP contribution < -0.4 is 19.5 Å². The molecule has 1 saturated heterocycles. The number of hydrogen-bond donors (Lipinski definition) is 2. The second kappa shape index (κ2) is 7.86. The van der Waals surface area contributed by atoms with Gasteiger partial charge in [0, 0.05) is 26.2 Å². The number of benzene rings is 1. The first-order valence-electron chi connectivity index (χ1n) is 7.93. The number of hydrogen-bond acceptors (Lipinski definition) is 6. The van der Waals surface area contributed by atoms with Crippen molar-refractivity contribution in [3.05, 3.63) is 17.7 Å². The Morgan fingerprint density at radius 2 is 1.65 bits per heavy atom. The molecule has 2 N–H and O–H groups in total. The molecule has 1 aromatic carbocycles. The Kier molecular flexibility index (Phi) is 6.10. The van der Waals surface area contributed by atoms with E-state index in [1.165, 1.54) is 0 Å². The van der Waals surface area contributed by atoms with Gasteiger partial charge in [0.15, 0.2) is 11.5 Å². The topological polar surface area (TPSA) is 63.2 Å². The number of piperidine rings is 1. The highest BCUT2D eigenvalue weighted by Crippen LogP contribution is 2.38. The average Bonchev–Trinajstić information content (AvgIpc) is 2.56. The highest BCUT2D eigenvalue weighted by atomic mass is 16.5. The Morgan fingerprint density at radius 3 is 2.09 bits per heavy atom. The van der Waals surface area contributed by atoms with Crippen LogP contribution in [0.3, 0.4) is 0 Å². The van der Waals surface area contributed by atoms with Crippen molar-refractivity contribution in [1.82, 2.24) is 10.2 Å². The van der Waals surface area contributed by atoms with E-state index in [1.807, 2.05) is 19.2 Å². The van der Waals surface area contributed by atoms with Crippen molar-refractivity contribution >= 4 is 0 Å². The summed E-state index contributed by atoms with van der Waals surface area (Å²) in [5.41, 5.74) is 0.527. The Hall–Kier alpha value is -1.50. The number of methoxy groups -OCH3 is 3. The summed E-state index contributed by atoms with van der Waals surface area (Å²) in [5.74, 6) is 1.96. The molecule has 1 fully saturated rings. The molecule has 1 aliphatic heterocycles. The monoisotopic (exact) mass is 324 g/mol. The lowest BCUT2D eigenvalue weighted by atomic mass is 9.91. The number of likely N-dealkylation sites (N-methyl/N-ethyl adjacent to an activating group) is 1. The van der Waals surface area contributed by atoms with Gasteiger partial charge in [0.1, 0.15) is 0 Å². The SMILES string of the molecule is CNCC1(O)CCN(Cc2cc(OC)c(OC)c(OC)c2)CC1. The van der Waals surface area contributed by atoms with Gasteiger partial charge in [0.2, 0.25) is 5.75 Å². The van der Waals surface area contributed by atoms with Gasteiger partial charge < -0.3 is 24.6 Å². The summed E-state index contributed by atoms with van der Waals surface area (Å²) in [6.45, 7) is 3.18. The van der Waals surface area contributed by atoms with Crippen molar-refractivity contribution in [3.63, 3.8) is 0 Å². The number of ether oxygens (including phenoxy) is 3. The Morgan fingerprint density at radius 1 is 1.09 bits per heavy atom. The first-order valence-corrected chi connectivity index (χ1v) is 7.93. The van der Waals surface area contributed by atoms with Crippen LogP contribution in [-0.2, 0) is 6.54 Å². The summed E-state index contributed by atoms with van der Waals surface area (Å²) in [6.07, 6.45) is 1.55. The van der Waals surface area contributed by atoms with E-state index in [4.69, 9.17) is 14.2 Å². The predicted octanol–water partition coefficient (Wildman–Crippen LogP) is 1.26. The summed E-state index contributed by atoms with van der Waals surface area (Å²) in [4.78, 5) is 2.34. The third-order valence-corrected chi connectivity index (χ3v) is 4.42. The predicted molar refractivity (Wildman–Crippen MR) is 89.5 cm³/mol. The summed E-state index contributed by atoms with van der Waals surface area (Å²) in [7, 11) is 6.73. The second-order valence-electron chi connectivity index (χ2n) is 6.06. The lowest BCUT2D eigenvalue weighted by Crippen LogP contribution is -2.49. The number of rotatable bonds is 7. The van der Waals surface area contributed by atoms with Crippen LogP contribution in [0.2, 0.25) is 0 Å². The molecule has 0 spiro atoms. The van der Waals surface area contributed by atoms with E-state index in [0.717, 1.165) is 38.0 Å². The van der Waals surface area contributed by atoms with Gasteiger partial charge in [-0.1, -0.05) is 0 Å². The summed E-state index contributed by atoms with van der Waals surface area (Å²) < 4.78 is 16.2. The average molecular weight is 324 g/mol. The third-order valence-electron chi connectivity index (χ3n) is 4.42. The first kappa shape index (κ1) is 17.8. The number of aliphatic hydroxyl groups is 1. The zero-order chi connectivity index (χ0) is 16.9.